The molecule has 0 unspecified atom stereocenters. The first-order valence-electron chi connectivity index (χ1n) is 10.3. The number of carbonyl (C=O) groups is 1. The van der Waals surface area contributed by atoms with Crippen molar-refractivity contribution in [3.63, 3.8) is 0 Å². The average Bonchev–Trinajstić information content (AvgIpc) is 3.00. The Labute approximate surface area is 169 Å². The molecule has 2 aliphatic heterocycles. The molecule has 8 heteroatoms. The predicted molar refractivity (Wildman–Crippen MR) is 108 cm³/mol. The van der Waals surface area contributed by atoms with Gasteiger partial charge in [-0.1, -0.05) is 12.1 Å². The van der Waals surface area contributed by atoms with Crippen LogP contribution in [0.15, 0.2) is 30.5 Å². The van der Waals surface area contributed by atoms with Crippen LogP contribution >= 0.6 is 0 Å². The molecule has 1 saturated heterocycles. The lowest BCUT2D eigenvalue weighted by atomic mass is 10.1. The van der Waals surface area contributed by atoms with E-state index in [1.165, 1.54) is 12.1 Å². The predicted octanol–water partition coefficient (Wildman–Crippen LogP) is 3.69. The molecule has 2 aliphatic rings. The van der Waals surface area contributed by atoms with Crippen LogP contribution in [0, 0.1) is 0 Å². The van der Waals surface area contributed by atoms with Gasteiger partial charge >= 0.3 is 6.03 Å². The highest BCUT2D eigenvalue weighted by Gasteiger charge is 2.23. The highest BCUT2D eigenvalue weighted by atomic mass is 19.3. The third kappa shape index (κ3) is 4.58. The smallest absolute Gasteiger partial charge is 0.321 e. The first-order chi connectivity index (χ1) is 14.1. The molecule has 1 N–H and O–H groups in total. The van der Waals surface area contributed by atoms with Crippen LogP contribution in [-0.2, 0) is 13.0 Å². The summed E-state index contributed by atoms with van der Waals surface area (Å²) >= 11 is 0. The normalized spacial score (nSPS) is 17.8. The molecule has 1 fully saturated rings. The quantitative estimate of drug-likeness (QED) is 0.847. The van der Waals surface area contributed by atoms with Crippen LogP contribution in [0.25, 0.3) is 11.4 Å². The van der Waals surface area contributed by atoms with Crippen LogP contribution in [-0.4, -0.2) is 64.5 Å². The van der Waals surface area contributed by atoms with Gasteiger partial charge in [0.15, 0.2) is 0 Å². The van der Waals surface area contributed by atoms with Crippen LogP contribution in [0.5, 0.6) is 0 Å². The van der Waals surface area contributed by atoms with Gasteiger partial charge in [-0.3, -0.25) is 4.90 Å². The summed E-state index contributed by atoms with van der Waals surface area (Å²) in [6.07, 6.45) is 3.62. The number of amides is 2. The highest BCUT2D eigenvalue weighted by molar-refractivity contribution is 5.93. The van der Waals surface area contributed by atoms with E-state index >= 15 is 0 Å². The number of carbonyl (C=O) groups excluding carboxylic acids is 1. The summed E-state index contributed by atoms with van der Waals surface area (Å²) in [6.45, 7) is 2.77. The SMILES string of the molecule is O=C(Nc1ccccc1-c1ncc2n1CCCC2)N1CCCN(CC(F)F)CC1. The molecule has 0 spiro atoms. The van der Waals surface area contributed by atoms with Gasteiger partial charge in [-0.2, -0.15) is 0 Å². The molecule has 156 valence electrons. The zero-order valence-corrected chi connectivity index (χ0v) is 16.5. The number of aryl methyl sites for hydroxylation is 1. The van der Waals surface area contributed by atoms with Crippen molar-refractivity contribution in [3.8, 4) is 11.4 Å². The molecule has 0 atom stereocenters. The molecule has 2 amide bonds. The first kappa shape index (κ1) is 19.8. The minimum atomic E-state index is -2.34. The second-order valence-electron chi connectivity index (χ2n) is 7.69. The van der Waals surface area contributed by atoms with Gasteiger partial charge < -0.3 is 14.8 Å². The highest BCUT2D eigenvalue weighted by Crippen LogP contribution is 2.30. The fourth-order valence-electron chi connectivity index (χ4n) is 4.18. The first-order valence-corrected chi connectivity index (χ1v) is 10.3. The summed E-state index contributed by atoms with van der Waals surface area (Å²) in [7, 11) is 0. The Bertz CT molecular complexity index is 853. The van der Waals surface area contributed by atoms with Gasteiger partial charge in [0.05, 0.1) is 12.2 Å². The number of nitrogens with zero attached hydrogens (tertiary/aromatic N) is 4. The Kier molecular flexibility index (Phi) is 6.08. The molecule has 0 saturated carbocycles. The molecular formula is C21H27F2N5O. The molecule has 0 aliphatic carbocycles. The molecule has 2 aromatic rings. The molecule has 1 aromatic heterocycles. The lowest BCUT2D eigenvalue weighted by Crippen LogP contribution is -2.38. The number of benzene rings is 1. The second kappa shape index (κ2) is 8.90. The summed E-state index contributed by atoms with van der Waals surface area (Å²) in [6, 6.07) is 7.52. The van der Waals surface area contributed by atoms with Gasteiger partial charge in [-0.25, -0.2) is 18.6 Å². The second-order valence-corrected chi connectivity index (χ2v) is 7.69. The van der Waals surface area contributed by atoms with E-state index in [4.69, 9.17) is 0 Å². The number of aromatic nitrogens is 2. The standard InChI is InChI=1S/C21H27F2N5O/c22-19(23)15-26-9-5-10-27(13-12-26)21(29)25-18-8-2-1-7-17(18)20-24-14-16-6-3-4-11-28(16)20/h1-2,7-8,14,19H,3-6,9-13,15H2,(H,25,29). The third-order valence-corrected chi connectivity index (χ3v) is 5.68. The maximum absolute atomic E-state index is 12.9. The van der Waals surface area contributed by atoms with Gasteiger partial charge in [-0.05, 0) is 37.8 Å². The van der Waals surface area contributed by atoms with E-state index in [0.717, 1.165) is 36.5 Å². The number of halogens is 2. The zero-order chi connectivity index (χ0) is 20.2. The summed E-state index contributed by atoms with van der Waals surface area (Å²) in [5.74, 6) is 0.884. The molecule has 4 rings (SSSR count). The Balaban J connectivity index is 1.48. The van der Waals surface area contributed by atoms with E-state index < -0.39 is 6.43 Å². The monoisotopic (exact) mass is 403 g/mol. The van der Waals surface area contributed by atoms with Crippen molar-refractivity contribution in [2.75, 3.05) is 38.0 Å². The number of anilines is 1. The van der Waals surface area contributed by atoms with E-state index in [0.29, 0.717) is 32.6 Å². The van der Waals surface area contributed by atoms with E-state index in [2.05, 4.69) is 14.9 Å². The average molecular weight is 403 g/mol. The zero-order valence-electron chi connectivity index (χ0n) is 16.5. The number of imidazole rings is 1. The van der Waals surface area contributed by atoms with Crippen molar-refractivity contribution in [1.82, 2.24) is 19.4 Å². The number of hydrogen-bond acceptors (Lipinski definition) is 3. The molecular weight excluding hydrogens is 376 g/mol. The van der Waals surface area contributed by atoms with Crippen molar-refractivity contribution in [2.24, 2.45) is 0 Å². The van der Waals surface area contributed by atoms with Crippen LogP contribution in [0.3, 0.4) is 0 Å². The molecule has 0 radical (unpaired) electrons. The van der Waals surface area contributed by atoms with Crippen LogP contribution < -0.4 is 5.32 Å². The van der Waals surface area contributed by atoms with E-state index in [9.17, 15) is 13.6 Å². The maximum atomic E-state index is 12.9. The summed E-state index contributed by atoms with van der Waals surface area (Å²) < 4.78 is 27.5. The fraction of sp³-hybridized carbons (Fsp3) is 0.524. The summed E-state index contributed by atoms with van der Waals surface area (Å²) in [5, 5.41) is 3.03. The lowest BCUT2D eigenvalue weighted by molar-refractivity contribution is 0.0905. The van der Waals surface area contributed by atoms with Gasteiger partial charge in [0, 0.05) is 50.2 Å². The molecule has 29 heavy (non-hydrogen) atoms. The molecule has 1 aromatic carbocycles. The lowest BCUT2D eigenvalue weighted by Gasteiger charge is -2.23. The van der Waals surface area contributed by atoms with E-state index in [1.54, 1.807) is 9.80 Å². The number of alkyl halides is 2. The van der Waals surface area contributed by atoms with Gasteiger partial charge in [0.1, 0.15) is 5.82 Å². The Morgan fingerprint density at radius 3 is 2.79 bits per heavy atom. The Morgan fingerprint density at radius 2 is 1.93 bits per heavy atom. The minimum absolute atomic E-state index is 0.193. The van der Waals surface area contributed by atoms with E-state index in [1.807, 2.05) is 30.5 Å². The summed E-state index contributed by atoms with van der Waals surface area (Å²) in [5.41, 5.74) is 2.87. The van der Waals surface area contributed by atoms with Gasteiger partial charge in [0.25, 0.3) is 6.43 Å². The maximum Gasteiger partial charge on any atom is 0.321 e. The van der Waals surface area contributed by atoms with Crippen molar-refractivity contribution >= 4 is 11.7 Å². The number of rotatable bonds is 4. The van der Waals surface area contributed by atoms with Crippen LogP contribution in [0.1, 0.15) is 25.0 Å². The number of urea groups is 1. The number of hydrogen-bond donors (Lipinski definition) is 1. The van der Waals surface area contributed by atoms with Gasteiger partial charge in [0.2, 0.25) is 0 Å². The van der Waals surface area contributed by atoms with Gasteiger partial charge in [-0.15, -0.1) is 0 Å². The van der Waals surface area contributed by atoms with Crippen molar-refractivity contribution in [2.45, 2.75) is 38.7 Å². The van der Waals surface area contributed by atoms with Crippen molar-refractivity contribution in [3.05, 3.63) is 36.2 Å². The molecule has 6 nitrogen and oxygen atoms in total. The minimum Gasteiger partial charge on any atom is -0.328 e. The Hall–Kier alpha value is -2.48. The molecule has 3 heterocycles. The largest absolute Gasteiger partial charge is 0.328 e. The summed E-state index contributed by atoms with van der Waals surface area (Å²) in [4.78, 5) is 20.9. The Morgan fingerprint density at radius 1 is 1.07 bits per heavy atom. The van der Waals surface area contributed by atoms with Crippen molar-refractivity contribution < 1.29 is 13.6 Å². The third-order valence-electron chi connectivity index (χ3n) is 5.68. The van der Waals surface area contributed by atoms with Crippen LogP contribution in [0.4, 0.5) is 19.3 Å². The number of para-hydroxylation sites is 1. The fourth-order valence-corrected chi connectivity index (χ4v) is 4.18. The molecule has 0 bridgehead atoms. The number of nitrogens with one attached hydrogen (secondary N) is 1. The number of fused-ring (bicyclic) bond motifs is 1. The van der Waals surface area contributed by atoms with Crippen LogP contribution in [0.2, 0.25) is 0 Å². The topological polar surface area (TPSA) is 53.4 Å². The van der Waals surface area contributed by atoms with Crippen molar-refractivity contribution in [1.29, 1.82) is 0 Å². The van der Waals surface area contributed by atoms with E-state index in [-0.39, 0.29) is 12.6 Å².